The summed E-state index contributed by atoms with van der Waals surface area (Å²) in [5.41, 5.74) is 2.98. The normalized spacial score (nSPS) is 11.7. The Kier molecular flexibility index (Phi) is 7.88. The van der Waals surface area contributed by atoms with Crippen molar-refractivity contribution in [2.24, 2.45) is 0 Å². The van der Waals surface area contributed by atoms with Gasteiger partial charge in [0.05, 0.1) is 10.9 Å². The van der Waals surface area contributed by atoms with Crippen LogP contribution in [0.2, 0.25) is 5.02 Å². The third-order valence-electron chi connectivity index (χ3n) is 4.74. The number of anilines is 2. The van der Waals surface area contributed by atoms with Gasteiger partial charge in [0.25, 0.3) is 5.56 Å². The van der Waals surface area contributed by atoms with Crippen LogP contribution < -0.4 is 16.2 Å². The van der Waals surface area contributed by atoms with Gasteiger partial charge in [0.15, 0.2) is 10.9 Å². The minimum absolute atomic E-state index is 0.0913. The second-order valence-corrected chi connectivity index (χ2v) is 9.13. The first-order chi connectivity index (χ1) is 15.7. The van der Waals surface area contributed by atoms with Crippen LogP contribution in [0.15, 0.2) is 46.3 Å². The molecule has 0 saturated heterocycles. The molecule has 172 valence electrons. The molecule has 3 N–H and O–H groups in total. The van der Waals surface area contributed by atoms with E-state index in [1.54, 1.807) is 30.3 Å². The monoisotopic (exact) mass is 485 g/mol. The predicted octanol–water partition coefficient (Wildman–Crippen LogP) is 4.57. The largest absolute Gasteiger partial charge is 0.325 e. The van der Waals surface area contributed by atoms with E-state index in [4.69, 9.17) is 11.6 Å². The summed E-state index contributed by atoms with van der Waals surface area (Å²) in [5, 5.41) is 14.2. The molecule has 3 rings (SSSR count). The summed E-state index contributed by atoms with van der Waals surface area (Å²) in [4.78, 5) is 39.9. The van der Waals surface area contributed by atoms with E-state index in [0.717, 1.165) is 22.9 Å². The summed E-state index contributed by atoms with van der Waals surface area (Å²) in [5.74, 6) is -0.476. The molecule has 2 amide bonds. The average molecular weight is 486 g/mol. The van der Waals surface area contributed by atoms with Crippen molar-refractivity contribution >= 4 is 46.6 Å². The first-order valence-corrected chi connectivity index (χ1v) is 11.5. The number of nitrogens with zero attached hydrogens (tertiary/aromatic N) is 2. The first-order valence-electron chi connectivity index (χ1n) is 10.3. The fraction of sp³-hybridized carbons (Fsp3) is 0.261. The predicted molar refractivity (Wildman–Crippen MR) is 132 cm³/mol. The summed E-state index contributed by atoms with van der Waals surface area (Å²) >= 11 is 7.00. The molecule has 0 spiro atoms. The lowest BCUT2D eigenvalue weighted by molar-refractivity contribution is -0.116. The van der Waals surface area contributed by atoms with Gasteiger partial charge in [0.2, 0.25) is 11.8 Å². The van der Waals surface area contributed by atoms with Crippen LogP contribution in [0.5, 0.6) is 0 Å². The number of carbonyl (C=O) groups excluding carboxylic acids is 2. The maximum atomic E-state index is 12.9. The van der Waals surface area contributed by atoms with Gasteiger partial charge in [-0.3, -0.25) is 19.4 Å². The van der Waals surface area contributed by atoms with Crippen LogP contribution in [-0.2, 0) is 9.59 Å². The van der Waals surface area contributed by atoms with Crippen molar-refractivity contribution in [2.75, 3.05) is 10.6 Å². The van der Waals surface area contributed by atoms with Gasteiger partial charge in [-0.25, -0.2) is 0 Å². The van der Waals surface area contributed by atoms with Crippen LogP contribution in [0.25, 0.3) is 11.3 Å². The van der Waals surface area contributed by atoms with Crippen molar-refractivity contribution in [3.8, 4) is 11.3 Å². The van der Waals surface area contributed by atoms with Gasteiger partial charge in [0.1, 0.15) is 0 Å². The molecule has 1 heterocycles. The first kappa shape index (κ1) is 24.5. The van der Waals surface area contributed by atoms with Gasteiger partial charge in [0, 0.05) is 23.2 Å². The lowest BCUT2D eigenvalue weighted by atomic mass is 10.0. The maximum absolute atomic E-state index is 12.9. The molecule has 2 aromatic carbocycles. The molecule has 0 aliphatic heterocycles. The van der Waals surface area contributed by atoms with Crippen LogP contribution >= 0.6 is 23.4 Å². The Hall–Kier alpha value is -3.17. The van der Waals surface area contributed by atoms with Crippen molar-refractivity contribution < 1.29 is 9.59 Å². The number of aromatic nitrogens is 3. The van der Waals surface area contributed by atoms with Gasteiger partial charge in [-0.05, 0) is 56.2 Å². The Balaban J connectivity index is 1.84. The zero-order valence-electron chi connectivity index (χ0n) is 18.7. The second-order valence-electron chi connectivity index (χ2n) is 7.50. The van der Waals surface area contributed by atoms with Crippen LogP contribution in [0.1, 0.15) is 31.4 Å². The van der Waals surface area contributed by atoms with Crippen molar-refractivity contribution in [2.45, 2.75) is 44.5 Å². The number of aromatic amines is 1. The summed E-state index contributed by atoms with van der Waals surface area (Å²) in [7, 11) is 0. The molecule has 0 aliphatic rings. The smallest absolute Gasteiger partial charge is 0.278 e. The average Bonchev–Trinajstić information content (AvgIpc) is 2.75. The van der Waals surface area contributed by atoms with E-state index in [0.29, 0.717) is 28.4 Å². The maximum Gasteiger partial charge on any atom is 0.278 e. The van der Waals surface area contributed by atoms with Crippen molar-refractivity contribution in [3.63, 3.8) is 0 Å². The van der Waals surface area contributed by atoms with E-state index in [9.17, 15) is 14.4 Å². The van der Waals surface area contributed by atoms with E-state index in [1.807, 2.05) is 26.8 Å². The number of thioether (sulfide) groups is 1. The third kappa shape index (κ3) is 6.21. The van der Waals surface area contributed by atoms with Gasteiger partial charge < -0.3 is 10.6 Å². The summed E-state index contributed by atoms with van der Waals surface area (Å²) in [6, 6.07) is 10.5. The zero-order valence-corrected chi connectivity index (χ0v) is 20.2. The molecule has 0 unspecified atom stereocenters. The molecule has 1 atom stereocenters. The number of nitrogens with one attached hydrogen (secondary N) is 3. The molecular weight excluding hydrogens is 462 g/mol. The van der Waals surface area contributed by atoms with Crippen molar-refractivity contribution in [3.05, 3.63) is 62.9 Å². The highest BCUT2D eigenvalue weighted by Gasteiger charge is 2.21. The highest BCUT2D eigenvalue weighted by Crippen LogP contribution is 2.30. The Bertz CT molecular complexity index is 1240. The standard InChI is InChI=1S/C23H24ClN5O3S/c1-5-18(21(31)26-16-8-6-15(24)7-9-16)33-23-27-22(32)20(28-29-23)17-11-12(2)10-13(3)19(17)25-14(4)30/h6-11,18H,5H2,1-4H3,(H,25,30)(H,26,31)(H,27,29,32)/t18-/m1/s1. The van der Waals surface area contributed by atoms with Crippen LogP contribution in [0.4, 0.5) is 11.4 Å². The van der Waals surface area contributed by atoms with Crippen molar-refractivity contribution in [1.29, 1.82) is 0 Å². The fourth-order valence-electron chi connectivity index (χ4n) is 3.26. The number of halogens is 1. The Labute approximate surface area is 200 Å². The molecule has 0 radical (unpaired) electrons. The van der Waals surface area contributed by atoms with Crippen LogP contribution in [0, 0.1) is 13.8 Å². The number of H-pyrrole nitrogens is 1. The highest BCUT2D eigenvalue weighted by molar-refractivity contribution is 8.00. The van der Waals surface area contributed by atoms with E-state index in [2.05, 4.69) is 25.8 Å². The Morgan fingerprint density at radius 3 is 2.42 bits per heavy atom. The lowest BCUT2D eigenvalue weighted by Crippen LogP contribution is -2.25. The quantitative estimate of drug-likeness (QED) is 0.422. The molecule has 10 heteroatoms. The van der Waals surface area contributed by atoms with Crippen LogP contribution in [0.3, 0.4) is 0 Å². The number of benzene rings is 2. The van der Waals surface area contributed by atoms with Crippen LogP contribution in [-0.4, -0.2) is 32.2 Å². The second kappa shape index (κ2) is 10.6. The molecule has 8 nitrogen and oxygen atoms in total. The lowest BCUT2D eigenvalue weighted by Gasteiger charge is -2.15. The van der Waals surface area contributed by atoms with E-state index < -0.39 is 10.8 Å². The van der Waals surface area contributed by atoms with Crippen molar-refractivity contribution in [1.82, 2.24) is 15.2 Å². The molecule has 33 heavy (non-hydrogen) atoms. The van der Waals surface area contributed by atoms with Gasteiger partial charge >= 0.3 is 0 Å². The fourth-order valence-corrected chi connectivity index (χ4v) is 4.23. The minimum atomic E-state index is -0.493. The molecule has 0 fully saturated rings. The third-order valence-corrected chi connectivity index (χ3v) is 6.23. The minimum Gasteiger partial charge on any atom is -0.325 e. The highest BCUT2D eigenvalue weighted by atomic mass is 35.5. The van der Waals surface area contributed by atoms with Gasteiger partial charge in [-0.2, -0.15) is 0 Å². The Morgan fingerprint density at radius 2 is 1.82 bits per heavy atom. The topological polar surface area (TPSA) is 117 Å². The molecule has 1 aromatic heterocycles. The number of hydrogen-bond acceptors (Lipinski definition) is 6. The summed E-state index contributed by atoms with van der Waals surface area (Å²) < 4.78 is 0. The number of hydrogen-bond donors (Lipinski definition) is 3. The number of rotatable bonds is 7. The van der Waals surface area contributed by atoms with E-state index >= 15 is 0 Å². The molecule has 3 aromatic rings. The number of aryl methyl sites for hydroxylation is 2. The summed E-state index contributed by atoms with van der Waals surface area (Å²) in [6.45, 7) is 7.01. The van der Waals surface area contributed by atoms with E-state index in [1.165, 1.54) is 6.92 Å². The molecule has 0 saturated carbocycles. The molecular formula is C23H24ClN5O3S. The summed E-state index contributed by atoms with van der Waals surface area (Å²) in [6.07, 6.45) is 0.513. The SMILES string of the molecule is CC[C@@H](Sc1nnc(-c2cc(C)cc(C)c2NC(C)=O)c(=O)[nH]1)C(=O)Nc1ccc(Cl)cc1. The number of carbonyl (C=O) groups is 2. The molecule has 0 aliphatic carbocycles. The number of amides is 2. The molecule has 0 bridgehead atoms. The van der Waals surface area contributed by atoms with Gasteiger partial charge in [-0.1, -0.05) is 41.9 Å². The zero-order chi connectivity index (χ0) is 24.1. The van der Waals surface area contributed by atoms with E-state index in [-0.39, 0.29) is 22.7 Å². The Morgan fingerprint density at radius 1 is 1.12 bits per heavy atom. The van der Waals surface area contributed by atoms with Gasteiger partial charge in [-0.15, -0.1) is 10.2 Å².